The molecule has 0 aliphatic carbocycles. The molecule has 1 N–H and O–H groups in total. The van der Waals surface area contributed by atoms with Gasteiger partial charge in [0.15, 0.2) is 0 Å². The monoisotopic (exact) mass is 206 g/mol. The lowest BCUT2D eigenvalue weighted by atomic mass is 10.2. The maximum absolute atomic E-state index is 10.9. The number of hydrogen-bond donors (Lipinski definition) is 1. The van der Waals surface area contributed by atoms with Gasteiger partial charge in [-0.2, -0.15) is 5.26 Å². The first-order valence-corrected chi connectivity index (χ1v) is 4.18. The van der Waals surface area contributed by atoms with E-state index in [1.165, 1.54) is 6.07 Å². The molecule has 14 heavy (non-hydrogen) atoms. The molecule has 0 spiro atoms. The number of carbonyl (C=O) groups excluding carboxylic acids is 1. The van der Waals surface area contributed by atoms with E-state index in [1.807, 2.05) is 6.07 Å². The molecule has 0 aliphatic heterocycles. The summed E-state index contributed by atoms with van der Waals surface area (Å²) in [5.74, 6) is -0.314. The Hall–Kier alpha value is -1.79. The van der Waals surface area contributed by atoms with Gasteiger partial charge < -0.3 is 5.32 Å². The highest BCUT2D eigenvalue weighted by Gasteiger charge is 2.02. The lowest BCUT2D eigenvalue weighted by Crippen LogP contribution is -2.07. The van der Waals surface area contributed by atoms with Crippen LogP contribution >= 0.6 is 11.6 Å². The number of hydrogen-bond acceptors (Lipinski definition) is 2. The van der Waals surface area contributed by atoms with Crippen molar-refractivity contribution in [2.75, 3.05) is 5.32 Å². The number of nitriles is 1. The zero-order valence-electron chi connectivity index (χ0n) is 7.25. The van der Waals surface area contributed by atoms with Crippen molar-refractivity contribution in [2.24, 2.45) is 0 Å². The van der Waals surface area contributed by atoms with Crippen molar-refractivity contribution in [3.63, 3.8) is 0 Å². The van der Waals surface area contributed by atoms with Crippen LogP contribution in [-0.2, 0) is 4.79 Å². The zero-order valence-corrected chi connectivity index (χ0v) is 8.01. The van der Waals surface area contributed by atoms with Gasteiger partial charge in [-0.15, -0.1) is 0 Å². The number of benzene rings is 1. The first-order chi connectivity index (χ1) is 6.67. The van der Waals surface area contributed by atoms with Crippen LogP contribution in [0.25, 0.3) is 0 Å². The number of amides is 1. The van der Waals surface area contributed by atoms with Crippen molar-refractivity contribution in [2.45, 2.75) is 0 Å². The van der Waals surface area contributed by atoms with Gasteiger partial charge in [-0.05, 0) is 24.3 Å². The molecule has 70 valence electrons. The fourth-order valence-electron chi connectivity index (χ4n) is 0.877. The van der Waals surface area contributed by atoms with Gasteiger partial charge in [0, 0.05) is 5.69 Å². The van der Waals surface area contributed by atoms with Crippen molar-refractivity contribution < 1.29 is 4.79 Å². The Labute approximate surface area is 86.6 Å². The standard InChI is InChI=1S/C10H7ClN2O/c1-2-10(14)13-8-4-3-7(6-12)9(11)5-8/h2-5H,1H2,(H,13,14). The van der Waals surface area contributed by atoms with Crippen LogP contribution in [0.15, 0.2) is 30.9 Å². The average Bonchev–Trinajstić information content (AvgIpc) is 2.18. The summed E-state index contributed by atoms with van der Waals surface area (Å²) in [7, 11) is 0. The second-order valence-electron chi connectivity index (χ2n) is 2.50. The molecule has 0 bridgehead atoms. The molecule has 0 atom stereocenters. The molecule has 0 aliphatic rings. The number of halogens is 1. The SMILES string of the molecule is C=CC(=O)Nc1ccc(C#N)c(Cl)c1. The van der Waals surface area contributed by atoms with Gasteiger partial charge in [0.1, 0.15) is 6.07 Å². The number of rotatable bonds is 2. The summed E-state index contributed by atoms with van der Waals surface area (Å²) in [6.45, 7) is 3.32. The topological polar surface area (TPSA) is 52.9 Å². The lowest BCUT2D eigenvalue weighted by Gasteiger charge is -2.02. The number of carbonyl (C=O) groups is 1. The van der Waals surface area contributed by atoms with Crippen molar-refractivity contribution in [1.82, 2.24) is 0 Å². The van der Waals surface area contributed by atoms with E-state index in [0.29, 0.717) is 16.3 Å². The summed E-state index contributed by atoms with van der Waals surface area (Å²) in [5.41, 5.74) is 0.919. The van der Waals surface area contributed by atoms with Crippen LogP contribution < -0.4 is 5.32 Å². The summed E-state index contributed by atoms with van der Waals surface area (Å²) in [5, 5.41) is 11.4. The van der Waals surface area contributed by atoms with Gasteiger partial charge >= 0.3 is 0 Å². The zero-order chi connectivity index (χ0) is 10.6. The molecule has 1 amide bonds. The quantitative estimate of drug-likeness (QED) is 0.756. The van der Waals surface area contributed by atoms with Crippen LogP contribution in [0.2, 0.25) is 5.02 Å². The molecule has 0 aromatic heterocycles. The summed E-state index contributed by atoms with van der Waals surface area (Å²) in [6.07, 6.45) is 1.16. The van der Waals surface area contributed by atoms with Gasteiger partial charge in [-0.1, -0.05) is 18.2 Å². The maximum atomic E-state index is 10.9. The number of anilines is 1. The third kappa shape index (κ3) is 2.35. The highest BCUT2D eigenvalue weighted by Crippen LogP contribution is 2.19. The van der Waals surface area contributed by atoms with E-state index >= 15 is 0 Å². The molecule has 0 fully saturated rings. The number of nitrogens with zero attached hydrogens (tertiary/aromatic N) is 1. The average molecular weight is 207 g/mol. The third-order valence-electron chi connectivity index (χ3n) is 1.54. The van der Waals surface area contributed by atoms with Crippen molar-refractivity contribution >= 4 is 23.2 Å². The molecular weight excluding hydrogens is 200 g/mol. The molecule has 4 heteroatoms. The van der Waals surface area contributed by atoms with Gasteiger partial charge in [-0.3, -0.25) is 4.79 Å². The van der Waals surface area contributed by atoms with Crippen LogP contribution in [-0.4, -0.2) is 5.91 Å². The number of nitrogens with one attached hydrogen (secondary N) is 1. The third-order valence-corrected chi connectivity index (χ3v) is 1.86. The second kappa shape index (κ2) is 4.45. The van der Waals surface area contributed by atoms with E-state index in [9.17, 15) is 4.79 Å². The van der Waals surface area contributed by atoms with Crippen LogP contribution in [0.5, 0.6) is 0 Å². The minimum absolute atomic E-state index is 0.314. The van der Waals surface area contributed by atoms with Gasteiger partial charge in [0.2, 0.25) is 5.91 Å². The molecule has 0 unspecified atom stereocenters. The molecule has 3 nitrogen and oxygen atoms in total. The molecule has 1 aromatic rings. The highest BCUT2D eigenvalue weighted by atomic mass is 35.5. The summed E-state index contributed by atoms with van der Waals surface area (Å²) < 4.78 is 0. The summed E-state index contributed by atoms with van der Waals surface area (Å²) in [6, 6.07) is 6.59. The minimum Gasteiger partial charge on any atom is -0.322 e. The first kappa shape index (κ1) is 10.3. The van der Waals surface area contributed by atoms with Crippen LogP contribution in [0, 0.1) is 11.3 Å². The molecule has 0 saturated carbocycles. The summed E-state index contributed by atoms with van der Waals surface area (Å²) in [4.78, 5) is 10.9. The normalized spacial score (nSPS) is 8.86. The molecule has 0 heterocycles. The van der Waals surface area contributed by atoms with E-state index in [4.69, 9.17) is 16.9 Å². The van der Waals surface area contributed by atoms with Crippen LogP contribution in [0.1, 0.15) is 5.56 Å². The Kier molecular flexibility index (Phi) is 3.27. The Morgan fingerprint density at radius 1 is 1.64 bits per heavy atom. The molecule has 1 aromatic carbocycles. The van der Waals surface area contributed by atoms with E-state index in [-0.39, 0.29) is 5.91 Å². The van der Waals surface area contributed by atoms with E-state index in [0.717, 1.165) is 6.08 Å². The van der Waals surface area contributed by atoms with Crippen molar-refractivity contribution in [1.29, 1.82) is 5.26 Å². The molecule has 0 saturated heterocycles. The predicted molar refractivity (Wildman–Crippen MR) is 55.0 cm³/mol. The Bertz CT molecular complexity index is 421. The van der Waals surface area contributed by atoms with E-state index in [1.54, 1.807) is 12.1 Å². The first-order valence-electron chi connectivity index (χ1n) is 3.80. The Morgan fingerprint density at radius 2 is 2.36 bits per heavy atom. The second-order valence-corrected chi connectivity index (χ2v) is 2.91. The fraction of sp³-hybridized carbons (Fsp3) is 0. The van der Waals surface area contributed by atoms with Gasteiger partial charge in [-0.25, -0.2) is 0 Å². The molecule has 0 radical (unpaired) electrons. The summed E-state index contributed by atoms with van der Waals surface area (Å²) >= 11 is 5.76. The lowest BCUT2D eigenvalue weighted by molar-refractivity contribution is -0.111. The minimum atomic E-state index is -0.314. The smallest absolute Gasteiger partial charge is 0.247 e. The largest absolute Gasteiger partial charge is 0.322 e. The van der Waals surface area contributed by atoms with Gasteiger partial charge in [0.05, 0.1) is 10.6 Å². The Morgan fingerprint density at radius 3 is 2.86 bits per heavy atom. The Balaban J connectivity index is 2.93. The van der Waals surface area contributed by atoms with Crippen molar-refractivity contribution in [3.8, 4) is 6.07 Å². The van der Waals surface area contributed by atoms with Crippen LogP contribution in [0.4, 0.5) is 5.69 Å². The highest BCUT2D eigenvalue weighted by molar-refractivity contribution is 6.32. The maximum Gasteiger partial charge on any atom is 0.247 e. The van der Waals surface area contributed by atoms with Gasteiger partial charge in [0.25, 0.3) is 0 Å². The van der Waals surface area contributed by atoms with E-state index in [2.05, 4.69) is 11.9 Å². The predicted octanol–water partition coefficient (Wildman–Crippen LogP) is 2.34. The molecule has 1 rings (SSSR count). The van der Waals surface area contributed by atoms with Crippen molar-refractivity contribution in [3.05, 3.63) is 41.4 Å². The van der Waals surface area contributed by atoms with Crippen LogP contribution in [0.3, 0.4) is 0 Å². The van der Waals surface area contributed by atoms with E-state index < -0.39 is 0 Å². The fourth-order valence-corrected chi connectivity index (χ4v) is 1.10. The molecular formula is C10H7ClN2O.